The zero-order chi connectivity index (χ0) is 13.7. The number of halogens is 1. The molecule has 0 bridgehead atoms. The van der Waals surface area contributed by atoms with Crippen molar-refractivity contribution in [3.05, 3.63) is 58.6 Å². The summed E-state index contributed by atoms with van der Waals surface area (Å²) in [5.41, 5.74) is 5.45. The molecule has 2 aromatic carbocycles. The fourth-order valence-corrected chi connectivity index (χ4v) is 1.83. The second kappa shape index (κ2) is 6.36. The van der Waals surface area contributed by atoms with E-state index in [0.717, 1.165) is 21.4 Å². The summed E-state index contributed by atoms with van der Waals surface area (Å²) in [6.07, 6.45) is 0. The standard InChI is InChI=1S/C14H15BrN4/c1-10-9-12(7-8-13(10)15)18-14(19-16)17-11-5-3-2-4-6-11/h2-9H,16H2,1H3,(H2,17,18,19). The maximum absolute atomic E-state index is 5.48. The van der Waals surface area contributed by atoms with Crippen LogP contribution in [0.4, 0.5) is 11.4 Å². The molecule has 0 saturated heterocycles. The zero-order valence-corrected chi connectivity index (χ0v) is 12.1. The van der Waals surface area contributed by atoms with Gasteiger partial charge in [-0.05, 0) is 42.8 Å². The molecular weight excluding hydrogens is 304 g/mol. The quantitative estimate of drug-likeness (QED) is 0.344. The Hall–Kier alpha value is -1.85. The third-order valence-electron chi connectivity index (χ3n) is 2.55. The van der Waals surface area contributed by atoms with Crippen LogP contribution in [0.3, 0.4) is 0 Å². The van der Waals surface area contributed by atoms with E-state index in [-0.39, 0.29) is 0 Å². The average Bonchev–Trinajstić information content (AvgIpc) is 2.43. The predicted octanol–water partition coefficient (Wildman–Crippen LogP) is 3.32. The molecule has 0 amide bonds. The number of anilines is 1. The molecule has 0 spiro atoms. The van der Waals surface area contributed by atoms with Gasteiger partial charge in [-0.2, -0.15) is 0 Å². The van der Waals surface area contributed by atoms with Crippen LogP contribution in [0, 0.1) is 6.92 Å². The summed E-state index contributed by atoms with van der Waals surface area (Å²) in [6.45, 7) is 2.03. The van der Waals surface area contributed by atoms with Crippen molar-refractivity contribution in [2.24, 2.45) is 10.8 Å². The highest BCUT2D eigenvalue weighted by Crippen LogP contribution is 2.20. The van der Waals surface area contributed by atoms with E-state index in [1.54, 1.807) is 0 Å². The van der Waals surface area contributed by atoms with Gasteiger partial charge in [-0.1, -0.05) is 34.1 Å². The molecule has 4 nitrogen and oxygen atoms in total. The van der Waals surface area contributed by atoms with E-state index >= 15 is 0 Å². The SMILES string of the molecule is Cc1cc(NC(=Nc2ccccc2)NN)ccc1Br. The summed E-state index contributed by atoms with van der Waals surface area (Å²) in [4.78, 5) is 4.38. The van der Waals surface area contributed by atoms with Crippen molar-refractivity contribution in [1.82, 2.24) is 5.43 Å². The Morgan fingerprint density at radius 2 is 1.89 bits per heavy atom. The molecule has 4 N–H and O–H groups in total. The minimum Gasteiger partial charge on any atom is -0.325 e. The Morgan fingerprint density at radius 3 is 2.53 bits per heavy atom. The van der Waals surface area contributed by atoms with Crippen LogP contribution in [0.1, 0.15) is 5.56 Å². The summed E-state index contributed by atoms with van der Waals surface area (Å²) in [5, 5.41) is 3.14. The summed E-state index contributed by atoms with van der Waals surface area (Å²) in [5.74, 6) is 5.98. The van der Waals surface area contributed by atoms with Crippen LogP contribution in [0.2, 0.25) is 0 Å². The third kappa shape index (κ3) is 3.81. The first-order valence-corrected chi connectivity index (χ1v) is 6.62. The Kier molecular flexibility index (Phi) is 4.54. The minimum absolute atomic E-state index is 0.493. The first-order valence-electron chi connectivity index (χ1n) is 5.82. The number of aliphatic imine (C=N–C) groups is 1. The van der Waals surface area contributed by atoms with Gasteiger partial charge in [0.2, 0.25) is 5.96 Å². The molecule has 5 heteroatoms. The van der Waals surface area contributed by atoms with Crippen LogP contribution >= 0.6 is 15.9 Å². The lowest BCUT2D eigenvalue weighted by atomic mass is 10.2. The molecule has 0 radical (unpaired) electrons. The van der Waals surface area contributed by atoms with Gasteiger partial charge >= 0.3 is 0 Å². The van der Waals surface area contributed by atoms with E-state index in [1.165, 1.54) is 0 Å². The maximum Gasteiger partial charge on any atom is 0.215 e. The lowest BCUT2D eigenvalue weighted by molar-refractivity contribution is 1.02. The summed E-state index contributed by atoms with van der Waals surface area (Å²) < 4.78 is 1.07. The molecule has 0 aliphatic carbocycles. The summed E-state index contributed by atoms with van der Waals surface area (Å²) >= 11 is 3.47. The lowest BCUT2D eigenvalue weighted by Crippen LogP contribution is -2.35. The van der Waals surface area contributed by atoms with Gasteiger partial charge in [0.15, 0.2) is 0 Å². The number of hydrogen-bond donors (Lipinski definition) is 3. The number of hydrogen-bond acceptors (Lipinski definition) is 2. The number of nitrogens with one attached hydrogen (secondary N) is 2. The first-order chi connectivity index (χ1) is 9.19. The largest absolute Gasteiger partial charge is 0.325 e. The molecule has 2 aromatic rings. The second-order valence-corrected chi connectivity index (χ2v) is 4.88. The van der Waals surface area contributed by atoms with Crippen LogP contribution in [-0.2, 0) is 0 Å². The molecule has 0 aromatic heterocycles. The fraction of sp³-hybridized carbons (Fsp3) is 0.0714. The topological polar surface area (TPSA) is 62.4 Å². The highest BCUT2D eigenvalue weighted by molar-refractivity contribution is 9.10. The van der Waals surface area contributed by atoms with Crippen LogP contribution in [0.15, 0.2) is 58.0 Å². The zero-order valence-electron chi connectivity index (χ0n) is 10.5. The monoisotopic (exact) mass is 318 g/mol. The number of guanidine groups is 1. The summed E-state index contributed by atoms with van der Waals surface area (Å²) in [7, 11) is 0. The molecule has 0 unspecified atom stereocenters. The molecule has 0 fully saturated rings. The number of rotatable bonds is 2. The van der Waals surface area contributed by atoms with Crippen LogP contribution in [0.5, 0.6) is 0 Å². The smallest absolute Gasteiger partial charge is 0.215 e. The molecule has 0 aliphatic heterocycles. The minimum atomic E-state index is 0.493. The number of nitrogens with two attached hydrogens (primary N) is 1. The molecule has 0 saturated carbocycles. The third-order valence-corrected chi connectivity index (χ3v) is 3.44. The van der Waals surface area contributed by atoms with Gasteiger partial charge in [0.1, 0.15) is 0 Å². The number of aryl methyl sites for hydroxylation is 1. The van der Waals surface area contributed by atoms with E-state index in [0.29, 0.717) is 5.96 Å². The number of benzene rings is 2. The first kappa shape index (κ1) is 13.6. The lowest BCUT2D eigenvalue weighted by Gasteiger charge is -2.10. The predicted molar refractivity (Wildman–Crippen MR) is 83.4 cm³/mol. The van der Waals surface area contributed by atoms with Crippen molar-refractivity contribution in [3.63, 3.8) is 0 Å². The van der Waals surface area contributed by atoms with Crippen LogP contribution in [-0.4, -0.2) is 5.96 Å². The van der Waals surface area contributed by atoms with Gasteiger partial charge in [0.25, 0.3) is 0 Å². The van der Waals surface area contributed by atoms with Crippen molar-refractivity contribution >= 4 is 33.3 Å². The van der Waals surface area contributed by atoms with Crippen molar-refractivity contribution in [3.8, 4) is 0 Å². The van der Waals surface area contributed by atoms with E-state index < -0.39 is 0 Å². The van der Waals surface area contributed by atoms with Gasteiger partial charge < -0.3 is 5.32 Å². The molecule has 0 aliphatic rings. The number of hydrazine groups is 1. The fourth-order valence-electron chi connectivity index (χ4n) is 1.59. The van der Waals surface area contributed by atoms with E-state index in [4.69, 9.17) is 5.84 Å². The summed E-state index contributed by atoms with van der Waals surface area (Å²) in [6, 6.07) is 15.6. The van der Waals surface area contributed by atoms with Crippen molar-refractivity contribution < 1.29 is 0 Å². The molecule has 0 atom stereocenters. The van der Waals surface area contributed by atoms with Crippen molar-refractivity contribution in [1.29, 1.82) is 0 Å². The van der Waals surface area contributed by atoms with E-state index in [1.807, 2.05) is 55.5 Å². The van der Waals surface area contributed by atoms with Gasteiger partial charge in [-0.3, -0.25) is 5.43 Å². The Balaban J connectivity index is 2.19. The Morgan fingerprint density at radius 1 is 1.16 bits per heavy atom. The second-order valence-electron chi connectivity index (χ2n) is 4.03. The maximum atomic E-state index is 5.48. The molecular formula is C14H15BrN4. The van der Waals surface area contributed by atoms with Crippen LogP contribution < -0.4 is 16.6 Å². The van der Waals surface area contributed by atoms with Crippen LogP contribution in [0.25, 0.3) is 0 Å². The van der Waals surface area contributed by atoms with Gasteiger partial charge in [0, 0.05) is 10.2 Å². The Bertz CT molecular complexity index is 581. The Labute approximate surface area is 120 Å². The average molecular weight is 319 g/mol. The van der Waals surface area contributed by atoms with Crippen molar-refractivity contribution in [2.45, 2.75) is 6.92 Å². The van der Waals surface area contributed by atoms with Crippen molar-refractivity contribution in [2.75, 3.05) is 5.32 Å². The van der Waals surface area contributed by atoms with Gasteiger partial charge in [-0.15, -0.1) is 0 Å². The highest BCUT2D eigenvalue weighted by atomic mass is 79.9. The van der Waals surface area contributed by atoms with Gasteiger partial charge in [0.05, 0.1) is 5.69 Å². The molecule has 2 rings (SSSR count). The number of para-hydroxylation sites is 1. The number of nitrogens with zero attached hydrogens (tertiary/aromatic N) is 1. The van der Waals surface area contributed by atoms with E-state index in [2.05, 4.69) is 31.7 Å². The highest BCUT2D eigenvalue weighted by Gasteiger charge is 2.01. The normalized spacial score (nSPS) is 11.2. The van der Waals surface area contributed by atoms with Gasteiger partial charge in [-0.25, -0.2) is 10.8 Å². The van der Waals surface area contributed by atoms with E-state index in [9.17, 15) is 0 Å². The molecule has 98 valence electrons. The molecule has 0 heterocycles. The molecule has 19 heavy (non-hydrogen) atoms.